The highest BCUT2D eigenvalue weighted by Crippen LogP contribution is 2.23. The van der Waals surface area contributed by atoms with E-state index in [1.54, 1.807) is 0 Å². The first-order valence-corrected chi connectivity index (χ1v) is 8.59. The second-order valence-corrected chi connectivity index (χ2v) is 6.30. The van der Waals surface area contributed by atoms with Gasteiger partial charge in [-0.2, -0.15) is 0 Å². The van der Waals surface area contributed by atoms with Crippen LogP contribution < -0.4 is 5.32 Å². The van der Waals surface area contributed by atoms with Crippen molar-refractivity contribution in [1.29, 1.82) is 0 Å². The van der Waals surface area contributed by atoms with Crippen LogP contribution in [-0.2, 0) is 27.2 Å². The van der Waals surface area contributed by atoms with E-state index in [4.69, 9.17) is 4.74 Å². The van der Waals surface area contributed by atoms with E-state index in [9.17, 15) is 14.4 Å². The number of carbonyl (C=O) groups is 3. The van der Waals surface area contributed by atoms with Crippen molar-refractivity contribution in [3.8, 4) is 0 Å². The van der Waals surface area contributed by atoms with Crippen molar-refractivity contribution < 1.29 is 19.1 Å². The molecule has 5 heteroatoms. The van der Waals surface area contributed by atoms with E-state index in [0.717, 1.165) is 25.7 Å². The molecule has 0 heterocycles. The lowest BCUT2D eigenvalue weighted by Gasteiger charge is -2.11. The molecule has 0 radical (unpaired) electrons. The summed E-state index contributed by atoms with van der Waals surface area (Å²) in [5.74, 6) is -0.905. The number of hydrogen-bond acceptors (Lipinski definition) is 4. The Balaban J connectivity index is 1.73. The summed E-state index contributed by atoms with van der Waals surface area (Å²) in [4.78, 5) is 35.4. The summed E-state index contributed by atoms with van der Waals surface area (Å²) in [7, 11) is 0. The van der Waals surface area contributed by atoms with Crippen LogP contribution in [0.3, 0.4) is 0 Å². The number of aryl methyl sites for hydroxylation is 2. The Bertz CT molecular complexity index is 624. The molecule has 1 amide bonds. The molecular weight excluding hydrogens is 306 g/mol. The first-order valence-electron chi connectivity index (χ1n) is 8.59. The van der Waals surface area contributed by atoms with Crippen LogP contribution in [0.1, 0.15) is 61.0 Å². The van der Waals surface area contributed by atoms with Gasteiger partial charge in [0.1, 0.15) is 0 Å². The van der Waals surface area contributed by atoms with Gasteiger partial charge in [0.25, 0.3) is 5.91 Å². The highest BCUT2D eigenvalue weighted by Gasteiger charge is 2.16. The molecule has 1 atom stereocenters. The third kappa shape index (κ3) is 5.18. The van der Waals surface area contributed by atoms with E-state index >= 15 is 0 Å². The Kier molecular flexibility index (Phi) is 6.53. The topological polar surface area (TPSA) is 72.5 Å². The van der Waals surface area contributed by atoms with Crippen LogP contribution in [0.15, 0.2) is 18.2 Å². The number of benzene rings is 1. The number of hydrogen-bond donors (Lipinski definition) is 1. The van der Waals surface area contributed by atoms with E-state index in [2.05, 4.69) is 5.32 Å². The fraction of sp³-hybridized carbons (Fsp3) is 0.526. The lowest BCUT2D eigenvalue weighted by molar-refractivity contribution is -0.148. The highest BCUT2D eigenvalue weighted by molar-refractivity contribution is 5.97. The van der Waals surface area contributed by atoms with Gasteiger partial charge in [0, 0.05) is 18.0 Å². The number of ketones is 1. The number of esters is 1. The Morgan fingerprint density at radius 1 is 1.17 bits per heavy atom. The Hall–Kier alpha value is -2.17. The van der Waals surface area contributed by atoms with Crippen molar-refractivity contribution in [2.45, 2.75) is 58.4 Å². The smallest absolute Gasteiger partial charge is 0.306 e. The summed E-state index contributed by atoms with van der Waals surface area (Å²) >= 11 is 0. The summed E-state index contributed by atoms with van der Waals surface area (Å²) in [6, 6.07) is 5.83. The molecule has 1 aliphatic carbocycles. The lowest BCUT2D eigenvalue weighted by atomic mass is 10.0. The van der Waals surface area contributed by atoms with Crippen LogP contribution in [-0.4, -0.2) is 30.3 Å². The predicted molar refractivity (Wildman–Crippen MR) is 90.9 cm³/mol. The molecule has 0 fully saturated rings. The molecule has 0 aromatic heterocycles. The summed E-state index contributed by atoms with van der Waals surface area (Å²) in [6.07, 6.45) is 4.14. The van der Waals surface area contributed by atoms with Crippen molar-refractivity contribution in [1.82, 2.24) is 5.32 Å². The molecule has 2 rings (SSSR count). The van der Waals surface area contributed by atoms with E-state index in [-0.39, 0.29) is 37.2 Å². The molecule has 0 saturated carbocycles. The molecular formula is C19H25NO4. The van der Waals surface area contributed by atoms with Gasteiger partial charge < -0.3 is 10.1 Å². The fourth-order valence-electron chi connectivity index (χ4n) is 2.74. The van der Waals surface area contributed by atoms with Crippen LogP contribution in [0.5, 0.6) is 0 Å². The zero-order valence-corrected chi connectivity index (χ0v) is 14.4. The van der Waals surface area contributed by atoms with Gasteiger partial charge in [-0.15, -0.1) is 0 Å². The molecule has 1 aromatic rings. The third-order valence-corrected chi connectivity index (χ3v) is 4.36. The number of carbonyl (C=O) groups excluding carboxylic acids is 3. The number of Topliss-reactive ketones (excluding diaryl/α,β-unsaturated/α-hetero) is 1. The van der Waals surface area contributed by atoms with E-state index in [1.807, 2.05) is 32.0 Å². The Morgan fingerprint density at radius 3 is 2.67 bits per heavy atom. The third-order valence-electron chi connectivity index (χ3n) is 4.36. The molecule has 1 aromatic carbocycles. The van der Waals surface area contributed by atoms with Crippen LogP contribution in [0, 0.1) is 0 Å². The van der Waals surface area contributed by atoms with Gasteiger partial charge in [-0.1, -0.05) is 19.1 Å². The molecule has 0 saturated heterocycles. The maximum absolute atomic E-state index is 12.2. The predicted octanol–water partition coefficient (Wildman–Crippen LogP) is 2.60. The maximum Gasteiger partial charge on any atom is 0.306 e. The number of nitrogens with one attached hydrogen (secondary N) is 1. The minimum atomic E-state index is -0.524. The normalized spacial score (nSPS) is 13.9. The monoisotopic (exact) mass is 331 g/mol. The molecule has 0 unspecified atom stereocenters. The molecule has 1 N–H and O–H groups in total. The van der Waals surface area contributed by atoms with Crippen LogP contribution in [0.4, 0.5) is 0 Å². The quantitative estimate of drug-likeness (QED) is 0.587. The van der Waals surface area contributed by atoms with Crippen molar-refractivity contribution in [2.75, 3.05) is 6.61 Å². The van der Waals surface area contributed by atoms with Crippen molar-refractivity contribution in [3.63, 3.8) is 0 Å². The van der Waals surface area contributed by atoms with Crippen LogP contribution in [0.25, 0.3) is 0 Å². The van der Waals surface area contributed by atoms with Gasteiger partial charge in [-0.3, -0.25) is 14.4 Å². The van der Waals surface area contributed by atoms with Gasteiger partial charge in [0.2, 0.25) is 0 Å². The number of amides is 1. The summed E-state index contributed by atoms with van der Waals surface area (Å²) < 4.78 is 4.91. The molecule has 130 valence electrons. The molecule has 5 nitrogen and oxygen atoms in total. The SMILES string of the molecule is CC[C@H](C)NC(=O)COC(=O)CCC(=O)c1ccc2c(c1)CCC2. The fourth-order valence-corrected chi connectivity index (χ4v) is 2.74. The van der Waals surface area contributed by atoms with Gasteiger partial charge in [0.15, 0.2) is 12.4 Å². The molecule has 1 aliphatic rings. The first kappa shape index (κ1) is 18.2. The summed E-state index contributed by atoms with van der Waals surface area (Å²) in [5, 5.41) is 2.72. The van der Waals surface area contributed by atoms with Crippen LogP contribution >= 0.6 is 0 Å². The van der Waals surface area contributed by atoms with Gasteiger partial charge in [0.05, 0.1) is 6.42 Å². The lowest BCUT2D eigenvalue weighted by Crippen LogP contribution is -2.35. The standard InChI is InChI=1S/C19H25NO4/c1-3-13(2)20-18(22)12-24-19(23)10-9-17(21)16-8-7-14-5-4-6-15(14)11-16/h7-8,11,13H,3-6,9-10,12H2,1-2H3,(H,20,22)/t13-/m0/s1. The molecule has 0 spiro atoms. The number of ether oxygens (including phenoxy) is 1. The van der Waals surface area contributed by atoms with E-state index in [1.165, 1.54) is 11.1 Å². The molecule has 0 aliphatic heterocycles. The highest BCUT2D eigenvalue weighted by atomic mass is 16.5. The summed E-state index contributed by atoms with van der Waals surface area (Å²) in [5.41, 5.74) is 3.21. The zero-order valence-electron chi connectivity index (χ0n) is 14.4. The van der Waals surface area contributed by atoms with Gasteiger partial charge in [-0.05, 0) is 49.8 Å². The second kappa shape index (κ2) is 8.62. The van der Waals surface area contributed by atoms with E-state index in [0.29, 0.717) is 5.56 Å². The average molecular weight is 331 g/mol. The van der Waals surface area contributed by atoms with Crippen molar-refractivity contribution in [2.24, 2.45) is 0 Å². The minimum absolute atomic E-state index is 0.00741. The Labute approximate surface area is 142 Å². The maximum atomic E-state index is 12.2. The summed E-state index contributed by atoms with van der Waals surface area (Å²) in [6.45, 7) is 3.55. The number of fused-ring (bicyclic) bond motifs is 1. The second-order valence-electron chi connectivity index (χ2n) is 6.30. The van der Waals surface area contributed by atoms with Gasteiger partial charge in [-0.25, -0.2) is 0 Å². The average Bonchev–Trinajstić information content (AvgIpc) is 3.05. The van der Waals surface area contributed by atoms with Crippen LogP contribution in [0.2, 0.25) is 0 Å². The molecule has 0 bridgehead atoms. The zero-order chi connectivity index (χ0) is 17.5. The Morgan fingerprint density at radius 2 is 1.92 bits per heavy atom. The number of rotatable bonds is 8. The van der Waals surface area contributed by atoms with Gasteiger partial charge >= 0.3 is 5.97 Å². The van der Waals surface area contributed by atoms with Crippen molar-refractivity contribution >= 4 is 17.7 Å². The largest absolute Gasteiger partial charge is 0.456 e. The minimum Gasteiger partial charge on any atom is -0.456 e. The van der Waals surface area contributed by atoms with E-state index < -0.39 is 5.97 Å². The van der Waals surface area contributed by atoms with Crippen molar-refractivity contribution in [3.05, 3.63) is 34.9 Å². The molecule has 24 heavy (non-hydrogen) atoms. The first-order chi connectivity index (χ1) is 11.5.